The molecule has 1 aromatic rings. The summed E-state index contributed by atoms with van der Waals surface area (Å²) in [7, 11) is 0. The molecule has 2 rings (SSSR count). The van der Waals surface area contributed by atoms with Crippen molar-refractivity contribution in [1.82, 2.24) is 0 Å². The van der Waals surface area contributed by atoms with Gasteiger partial charge in [-0.25, -0.2) is 4.39 Å². The molecular weight excluding hydrogens is 269 g/mol. The highest BCUT2D eigenvalue weighted by molar-refractivity contribution is 9.10. The van der Waals surface area contributed by atoms with Gasteiger partial charge in [0.15, 0.2) is 0 Å². The summed E-state index contributed by atoms with van der Waals surface area (Å²) in [4.78, 5) is 0. The molecule has 0 aliphatic heterocycles. The van der Waals surface area contributed by atoms with Crippen molar-refractivity contribution in [3.63, 3.8) is 0 Å². The molecule has 1 unspecified atom stereocenters. The monoisotopic (exact) mass is 283 g/mol. The lowest BCUT2D eigenvalue weighted by molar-refractivity contribution is 0.502. The van der Waals surface area contributed by atoms with Crippen LogP contribution < -0.4 is 5.32 Å². The second-order valence-electron chi connectivity index (χ2n) is 4.16. The van der Waals surface area contributed by atoms with Crippen LogP contribution in [0, 0.1) is 11.7 Å². The third-order valence-electron chi connectivity index (χ3n) is 2.89. The van der Waals surface area contributed by atoms with Crippen LogP contribution in [0.5, 0.6) is 0 Å². The van der Waals surface area contributed by atoms with Gasteiger partial charge in [0.05, 0.1) is 5.69 Å². The minimum atomic E-state index is -0.186. The van der Waals surface area contributed by atoms with E-state index in [0.717, 1.165) is 23.9 Å². The summed E-state index contributed by atoms with van der Waals surface area (Å²) in [6.45, 7) is 0.845. The highest BCUT2D eigenvalue weighted by Crippen LogP contribution is 2.22. The molecule has 1 nitrogen and oxygen atoms in total. The first-order valence-electron chi connectivity index (χ1n) is 5.59. The van der Waals surface area contributed by atoms with E-state index in [1.54, 1.807) is 12.1 Å². The Kier molecular flexibility index (Phi) is 3.99. The molecule has 16 heavy (non-hydrogen) atoms. The summed E-state index contributed by atoms with van der Waals surface area (Å²) in [6, 6.07) is 4.98. The van der Waals surface area contributed by atoms with Gasteiger partial charge in [-0.15, -0.1) is 0 Å². The molecule has 3 heteroatoms. The minimum Gasteiger partial charge on any atom is -0.382 e. The third kappa shape index (κ3) is 3.08. The predicted molar refractivity (Wildman–Crippen MR) is 69.1 cm³/mol. The average Bonchev–Trinajstić information content (AvgIpc) is 2.32. The molecule has 0 fully saturated rings. The number of anilines is 1. The smallest absolute Gasteiger partial charge is 0.146 e. The maximum absolute atomic E-state index is 13.4. The Hall–Kier alpha value is -0.830. The Morgan fingerprint density at radius 2 is 2.25 bits per heavy atom. The van der Waals surface area contributed by atoms with Crippen molar-refractivity contribution in [2.75, 3.05) is 11.9 Å². The van der Waals surface area contributed by atoms with E-state index in [1.165, 1.54) is 12.5 Å². The normalized spacial score (nSPS) is 19.8. The van der Waals surface area contributed by atoms with Crippen LogP contribution in [0.1, 0.15) is 19.3 Å². The zero-order valence-electron chi connectivity index (χ0n) is 9.05. The number of benzene rings is 1. The Morgan fingerprint density at radius 1 is 1.38 bits per heavy atom. The van der Waals surface area contributed by atoms with Gasteiger partial charge in [-0.1, -0.05) is 28.1 Å². The van der Waals surface area contributed by atoms with E-state index >= 15 is 0 Å². The summed E-state index contributed by atoms with van der Waals surface area (Å²) in [5.41, 5.74) is 0.587. The molecule has 0 amide bonds. The lowest BCUT2D eigenvalue weighted by atomic mass is 9.94. The van der Waals surface area contributed by atoms with Crippen LogP contribution in [0.2, 0.25) is 0 Å². The zero-order chi connectivity index (χ0) is 11.4. The molecule has 0 radical (unpaired) electrons. The summed E-state index contributed by atoms with van der Waals surface area (Å²) in [5.74, 6) is 0.443. The van der Waals surface area contributed by atoms with Crippen LogP contribution >= 0.6 is 15.9 Å². The second-order valence-corrected chi connectivity index (χ2v) is 5.07. The van der Waals surface area contributed by atoms with Gasteiger partial charge in [0.25, 0.3) is 0 Å². The summed E-state index contributed by atoms with van der Waals surface area (Å²) < 4.78 is 14.3. The van der Waals surface area contributed by atoms with Gasteiger partial charge in [-0.2, -0.15) is 0 Å². The Balaban J connectivity index is 1.93. The van der Waals surface area contributed by atoms with E-state index in [9.17, 15) is 4.39 Å². The standard InChI is InChI=1S/C13H15BrFN/c14-11-6-7-12(15)13(8-11)16-9-10-4-2-1-3-5-10/h1-2,6-8,10,16H,3-5,9H2. The van der Waals surface area contributed by atoms with Crippen LogP contribution in [0.15, 0.2) is 34.8 Å². The quantitative estimate of drug-likeness (QED) is 0.813. The molecule has 86 valence electrons. The fourth-order valence-corrected chi connectivity index (χ4v) is 2.29. The Morgan fingerprint density at radius 3 is 3.00 bits per heavy atom. The maximum atomic E-state index is 13.4. The van der Waals surface area contributed by atoms with E-state index in [0.29, 0.717) is 11.6 Å². The molecule has 0 heterocycles. The first kappa shape index (κ1) is 11.6. The van der Waals surface area contributed by atoms with Gasteiger partial charge < -0.3 is 5.32 Å². The van der Waals surface area contributed by atoms with Gasteiger partial charge >= 0.3 is 0 Å². The first-order chi connectivity index (χ1) is 7.75. The largest absolute Gasteiger partial charge is 0.382 e. The molecule has 0 saturated carbocycles. The molecular formula is C13H15BrFN. The van der Waals surface area contributed by atoms with Gasteiger partial charge in [0.2, 0.25) is 0 Å². The van der Waals surface area contributed by atoms with Crippen LogP contribution in [-0.2, 0) is 0 Å². The lowest BCUT2D eigenvalue weighted by Crippen LogP contribution is -2.15. The van der Waals surface area contributed by atoms with Crippen LogP contribution in [0.4, 0.5) is 10.1 Å². The maximum Gasteiger partial charge on any atom is 0.146 e. The molecule has 1 N–H and O–H groups in total. The number of hydrogen-bond acceptors (Lipinski definition) is 1. The summed E-state index contributed by atoms with van der Waals surface area (Å²) in [5, 5.41) is 3.18. The van der Waals surface area contributed by atoms with Crippen LogP contribution in [0.25, 0.3) is 0 Å². The lowest BCUT2D eigenvalue weighted by Gasteiger charge is -2.19. The van der Waals surface area contributed by atoms with Crippen molar-refractivity contribution >= 4 is 21.6 Å². The van der Waals surface area contributed by atoms with E-state index in [1.807, 2.05) is 0 Å². The first-order valence-corrected chi connectivity index (χ1v) is 6.39. The van der Waals surface area contributed by atoms with E-state index in [2.05, 4.69) is 33.4 Å². The summed E-state index contributed by atoms with van der Waals surface area (Å²) >= 11 is 3.34. The van der Waals surface area contributed by atoms with Crippen LogP contribution in [0.3, 0.4) is 0 Å². The molecule has 1 aromatic carbocycles. The van der Waals surface area contributed by atoms with Crippen molar-refractivity contribution < 1.29 is 4.39 Å². The molecule has 0 spiro atoms. The van der Waals surface area contributed by atoms with Crippen molar-refractivity contribution in [3.05, 3.63) is 40.6 Å². The van der Waals surface area contributed by atoms with Crippen molar-refractivity contribution in [2.45, 2.75) is 19.3 Å². The van der Waals surface area contributed by atoms with Gasteiger partial charge in [-0.05, 0) is 43.4 Å². The van der Waals surface area contributed by atoms with E-state index in [-0.39, 0.29) is 5.82 Å². The molecule has 1 aliphatic rings. The number of nitrogens with one attached hydrogen (secondary N) is 1. The fraction of sp³-hybridized carbons (Fsp3) is 0.385. The van der Waals surface area contributed by atoms with E-state index < -0.39 is 0 Å². The third-order valence-corrected chi connectivity index (χ3v) is 3.38. The Bertz CT molecular complexity index is 390. The molecule has 1 atom stereocenters. The predicted octanol–water partition coefficient (Wildman–Crippen LogP) is 4.36. The second kappa shape index (κ2) is 5.48. The molecule has 0 bridgehead atoms. The SMILES string of the molecule is Fc1ccc(Br)cc1NCC1CC=CCC1. The molecule has 0 saturated heterocycles. The Labute approximate surface area is 104 Å². The topological polar surface area (TPSA) is 12.0 Å². The highest BCUT2D eigenvalue weighted by Gasteiger charge is 2.10. The average molecular weight is 284 g/mol. The van der Waals surface area contributed by atoms with Crippen LogP contribution in [-0.4, -0.2) is 6.54 Å². The zero-order valence-corrected chi connectivity index (χ0v) is 10.6. The van der Waals surface area contributed by atoms with Gasteiger partial charge in [0, 0.05) is 11.0 Å². The number of allylic oxidation sites excluding steroid dienone is 2. The van der Waals surface area contributed by atoms with E-state index in [4.69, 9.17) is 0 Å². The van der Waals surface area contributed by atoms with Crippen molar-refractivity contribution in [2.24, 2.45) is 5.92 Å². The van der Waals surface area contributed by atoms with Crippen molar-refractivity contribution in [1.29, 1.82) is 0 Å². The summed E-state index contributed by atoms with van der Waals surface area (Å²) in [6.07, 6.45) is 7.87. The van der Waals surface area contributed by atoms with Gasteiger partial charge in [0.1, 0.15) is 5.82 Å². The minimum absolute atomic E-state index is 0.186. The highest BCUT2D eigenvalue weighted by atomic mass is 79.9. The number of halogens is 2. The number of rotatable bonds is 3. The number of hydrogen-bond donors (Lipinski definition) is 1. The molecule has 0 aromatic heterocycles. The van der Waals surface area contributed by atoms with Crippen molar-refractivity contribution in [3.8, 4) is 0 Å². The fourth-order valence-electron chi connectivity index (χ4n) is 1.93. The molecule has 1 aliphatic carbocycles. The van der Waals surface area contributed by atoms with Gasteiger partial charge in [-0.3, -0.25) is 0 Å².